The SMILES string of the molecule is COP1(=O)C=CC(O)C1. The predicted molar refractivity (Wildman–Crippen MR) is 34.6 cm³/mol. The third-order valence-electron chi connectivity index (χ3n) is 1.29. The van der Waals surface area contributed by atoms with Crippen molar-refractivity contribution in [3.05, 3.63) is 11.9 Å². The molecule has 1 N–H and O–H groups in total. The lowest BCUT2D eigenvalue weighted by Gasteiger charge is -2.05. The maximum absolute atomic E-state index is 11.1. The van der Waals surface area contributed by atoms with E-state index in [9.17, 15) is 4.57 Å². The highest BCUT2D eigenvalue weighted by atomic mass is 31.2. The van der Waals surface area contributed by atoms with Crippen LogP contribution in [0.2, 0.25) is 0 Å². The van der Waals surface area contributed by atoms with E-state index in [-0.39, 0.29) is 6.16 Å². The smallest absolute Gasteiger partial charge is 0.227 e. The molecule has 1 aliphatic rings. The van der Waals surface area contributed by atoms with Crippen LogP contribution in [-0.2, 0) is 9.09 Å². The largest absolute Gasteiger partial charge is 0.388 e. The maximum atomic E-state index is 11.1. The van der Waals surface area contributed by atoms with Crippen LogP contribution < -0.4 is 0 Å². The van der Waals surface area contributed by atoms with Gasteiger partial charge in [-0.2, -0.15) is 0 Å². The fourth-order valence-corrected chi connectivity index (χ4v) is 2.24. The third-order valence-corrected chi connectivity index (χ3v) is 3.41. The van der Waals surface area contributed by atoms with Gasteiger partial charge in [0.05, 0.1) is 12.3 Å². The fraction of sp³-hybridized carbons (Fsp3) is 0.600. The lowest BCUT2D eigenvalue weighted by molar-refractivity contribution is 0.245. The van der Waals surface area contributed by atoms with Crippen molar-refractivity contribution in [2.24, 2.45) is 0 Å². The molecule has 0 spiro atoms. The van der Waals surface area contributed by atoms with Crippen molar-refractivity contribution in [3.8, 4) is 0 Å². The second-order valence-corrected chi connectivity index (χ2v) is 4.48. The first-order valence-electron chi connectivity index (χ1n) is 2.68. The number of aliphatic hydroxyl groups is 1. The highest BCUT2D eigenvalue weighted by molar-refractivity contribution is 7.62. The molecule has 0 saturated carbocycles. The normalized spacial score (nSPS) is 41.8. The van der Waals surface area contributed by atoms with Gasteiger partial charge in [0.2, 0.25) is 7.37 Å². The summed E-state index contributed by atoms with van der Waals surface area (Å²) >= 11 is 0. The van der Waals surface area contributed by atoms with Crippen LogP contribution in [0.3, 0.4) is 0 Å². The average molecular weight is 148 g/mol. The molecule has 1 aliphatic heterocycles. The van der Waals surface area contributed by atoms with E-state index >= 15 is 0 Å². The Morgan fingerprint density at radius 2 is 2.56 bits per heavy atom. The van der Waals surface area contributed by atoms with Gasteiger partial charge in [0.1, 0.15) is 0 Å². The Labute approximate surface area is 53.8 Å². The van der Waals surface area contributed by atoms with Crippen molar-refractivity contribution in [1.82, 2.24) is 0 Å². The van der Waals surface area contributed by atoms with Gasteiger partial charge in [-0.15, -0.1) is 0 Å². The predicted octanol–water partition coefficient (Wildman–Crippen LogP) is 0.799. The zero-order valence-corrected chi connectivity index (χ0v) is 6.04. The molecule has 0 bridgehead atoms. The molecule has 0 saturated heterocycles. The van der Waals surface area contributed by atoms with E-state index in [1.807, 2.05) is 0 Å². The lowest BCUT2D eigenvalue weighted by Crippen LogP contribution is -2.02. The maximum Gasteiger partial charge on any atom is 0.227 e. The second-order valence-electron chi connectivity index (χ2n) is 2.00. The highest BCUT2D eigenvalue weighted by Crippen LogP contribution is 2.51. The van der Waals surface area contributed by atoms with E-state index in [2.05, 4.69) is 4.52 Å². The molecule has 0 amide bonds. The van der Waals surface area contributed by atoms with Gasteiger partial charge in [0, 0.05) is 7.11 Å². The molecular formula is C5H9O3P. The van der Waals surface area contributed by atoms with E-state index < -0.39 is 13.5 Å². The van der Waals surface area contributed by atoms with Crippen molar-refractivity contribution in [2.75, 3.05) is 13.3 Å². The first-order chi connectivity index (χ1) is 4.16. The Bertz CT molecular complexity index is 175. The molecule has 2 unspecified atom stereocenters. The van der Waals surface area contributed by atoms with Crippen molar-refractivity contribution < 1.29 is 14.2 Å². The van der Waals surface area contributed by atoms with Crippen LogP contribution in [-0.4, -0.2) is 24.5 Å². The summed E-state index contributed by atoms with van der Waals surface area (Å²) in [6.07, 6.45) is 1.17. The van der Waals surface area contributed by atoms with E-state index in [0.29, 0.717) is 0 Å². The van der Waals surface area contributed by atoms with E-state index in [4.69, 9.17) is 5.11 Å². The molecule has 1 heterocycles. The van der Waals surface area contributed by atoms with Gasteiger partial charge >= 0.3 is 0 Å². The Morgan fingerprint density at radius 1 is 1.89 bits per heavy atom. The number of hydrogen-bond donors (Lipinski definition) is 1. The van der Waals surface area contributed by atoms with Gasteiger partial charge < -0.3 is 9.63 Å². The Morgan fingerprint density at radius 3 is 2.78 bits per heavy atom. The molecule has 0 aliphatic carbocycles. The molecule has 1 rings (SSSR count). The molecule has 0 aromatic rings. The van der Waals surface area contributed by atoms with Gasteiger partial charge in [0.15, 0.2) is 0 Å². The van der Waals surface area contributed by atoms with E-state index in [0.717, 1.165) is 0 Å². The number of aliphatic hydroxyl groups excluding tert-OH is 1. The van der Waals surface area contributed by atoms with E-state index in [1.54, 1.807) is 0 Å². The monoisotopic (exact) mass is 148 g/mol. The Hall–Kier alpha value is -0.110. The van der Waals surface area contributed by atoms with Gasteiger partial charge in [-0.25, -0.2) is 0 Å². The minimum Gasteiger partial charge on any atom is -0.388 e. The number of rotatable bonds is 1. The van der Waals surface area contributed by atoms with Gasteiger partial charge in [-0.3, -0.25) is 4.57 Å². The molecule has 0 aromatic heterocycles. The van der Waals surface area contributed by atoms with Crippen LogP contribution in [0, 0.1) is 0 Å². The summed E-state index contributed by atoms with van der Waals surface area (Å²) in [6.45, 7) is 0. The standard InChI is InChI=1S/C5H9O3P/c1-8-9(7)3-2-5(6)4-9/h2-3,5-6H,4H2,1H3. The number of hydrogen-bond acceptors (Lipinski definition) is 3. The summed E-state index contributed by atoms with van der Waals surface area (Å²) in [6, 6.07) is 0. The summed E-state index contributed by atoms with van der Waals surface area (Å²) in [5, 5.41) is 8.86. The van der Waals surface area contributed by atoms with Crippen LogP contribution >= 0.6 is 7.37 Å². The molecule has 0 aromatic carbocycles. The third kappa shape index (κ3) is 1.42. The lowest BCUT2D eigenvalue weighted by atomic mass is 10.4. The van der Waals surface area contributed by atoms with Crippen LogP contribution in [0.5, 0.6) is 0 Å². The molecule has 3 nitrogen and oxygen atoms in total. The first-order valence-corrected chi connectivity index (χ1v) is 4.56. The zero-order valence-electron chi connectivity index (χ0n) is 5.15. The van der Waals surface area contributed by atoms with Crippen molar-refractivity contribution in [2.45, 2.75) is 6.10 Å². The van der Waals surface area contributed by atoms with Crippen LogP contribution in [0.4, 0.5) is 0 Å². The van der Waals surface area contributed by atoms with Crippen molar-refractivity contribution >= 4 is 7.37 Å². The summed E-state index contributed by atoms with van der Waals surface area (Å²) in [7, 11) is -1.15. The molecule has 4 heteroatoms. The minimum atomic E-state index is -2.54. The minimum absolute atomic E-state index is 0.240. The summed E-state index contributed by atoms with van der Waals surface area (Å²) in [5.74, 6) is 1.46. The highest BCUT2D eigenvalue weighted by Gasteiger charge is 2.26. The molecule has 9 heavy (non-hydrogen) atoms. The van der Waals surface area contributed by atoms with Crippen LogP contribution in [0.15, 0.2) is 11.9 Å². The van der Waals surface area contributed by atoms with Crippen molar-refractivity contribution in [3.63, 3.8) is 0 Å². The molecule has 0 radical (unpaired) electrons. The molecule has 2 atom stereocenters. The first kappa shape index (κ1) is 7.00. The van der Waals surface area contributed by atoms with Crippen LogP contribution in [0.1, 0.15) is 0 Å². The van der Waals surface area contributed by atoms with Crippen LogP contribution in [0.25, 0.3) is 0 Å². The molecule has 0 fully saturated rings. The average Bonchev–Trinajstić information content (AvgIpc) is 2.13. The quantitative estimate of drug-likeness (QED) is 0.559. The zero-order chi connectivity index (χ0) is 6.91. The molecular weight excluding hydrogens is 139 g/mol. The fourth-order valence-electron chi connectivity index (χ4n) is 0.748. The topological polar surface area (TPSA) is 46.5 Å². The summed E-state index contributed by atoms with van der Waals surface area (Å²) in [5.41, 5.74) is 0. The van der Waals surface area contributed by atoms with Gasteiger partial charge in [-0.1, -0.05) is 0 Å². The Kier molecular flexibility index (Phi) is 1.75. The summed E-state index contributed by atoms with van der Waals surface area (Å²) < 4.78 is 15.8. The Balaban J connectivity index is 2.69. The van der Waals surface area contributed by atoms with E-state index in [1.165, 1.54) is 19.0 Å². The van der Waals surface area contributed by atoms with Gasteiger partial charge in [-0.05, 0) is 11.9 Å². The second kappa shape index (κ2) is 2.25. The molecule has 52 valence electrons. The van der Waals surface area contributed by atoms with Gasteiger partial charge in [0.25, 0.3) is 0 Å². The van der Waals surface area contributed by atoms with Crippen molar-refractivity contribution in [1.29, 1.82) is 0 Å². The summed E-state index contributed by atoms with van der Waals surface area (Å²) in [4.78, 5) is 0.